The number of benzene rings is 2. The van der Waals surface area contributed by atoms with Crippen molar-refractivity contribution in [3.63, 3.8) is 0 Å². The van der Waals surface area contributed by atoms with E-state index in [-0.39, 0.29) is 22.6 Å². The fourth-order valence-corrected chi connectivity index (χ4v) is 5.13. The molecule has 0 atom stereocenters. The van der Waals surface area contributed by atoms with E-state index in [1.54, 1.807) is 12.1 Å². The molecule has 1 fully saturated rings. The summed E-state index contributed by atoms with van der Waals surface area (Å²) in [6.45, 7) is 7.66. The van der Waals surface area contributed by atoms with Crippen LogP contribution in [0.4, 0.5) is 5.69 Å². The fourth-order valence-electron chi connectivity index (χ4n) is 4.08. The van der Waals surface area contributed by atoms with E-state index < -0.39 is 10.0 Å². The lowest BCUT2D eigenvalue weighted by Crippen LogP contribution is -2.39. The lowest BCUT2D eigenvalue weighted by atomic mass is 9.93. The molecule has 34 heavy (non-hydrogen) atoms. The van der Waals surface area contributed by atoms with E-state index in [9.17, 15) is 18.0 Å². The largest absolute Gasteiger partial charge is 0.339 e. The van der Waals surface area contributed by atoms with Crippen LogP contribution < -0.4 is 10.0 Å². The van der Waals surface area contributed by atoms with E-state index in [0.29, 0.717) is 43.2 Å². The molecule has 0 saturated carbocycles. The Labute approximate surface area is 203 Å². The van der Waals surface area contributed by atoms with E-state index >= 15 is 0 Å². The van der Waals surface area contributed by atoms with Gasteiger partial charge in [-0.25, -0.2) is 13.1 Å². The van der Waals surface area contributed by atoms with Gasteiger partial charge in [-0.05, 0) is 74.4 Å². The summed E-state index contributed by atoms with van der Waals surface area (Å²) in [5.74, 6) is 0.603. The number of carbonyl (C=O) groups is 2. The van der Waals surface area contributed by atoms with E-state index in [1.807, 2.05) is 49.9 Å². The Balaban J connectivity index is 1.43. The summed E-state index contributed by atoms with van der Waals surface area (Å²) in [6.07, 6.45) is 2.88. The second-order valence-electron chi connectivity index (χ2n) is 9.46. The lowest BCUT2D eigenvalue weighted by molar-refractivity contribution is -0.116. The fraction of sp³-hybridized carbons (Fsp3) is 0.462. The Morgan fingerprint density at radius 2 is 1.62 bits per heavy atom. The zero-order valence-corrected chi connectivity index (χ0v) is 21.0. The molecule has 2 N–H and O–H groups in total. The molecule has 1 saturated heterocycles. The average molecular weight is 486 g/mol. The van der Waals surface area contributed by atoms with Gasteiger partial charge >= 0.3 is 0 Å². The SMILES string of the molecule is Cc1ccc(C(=O)N2CCC(CCNS(=O)(=O)c3ccc(NC(=O)CC(C)C)cc3)CC2)cc1. The number of sulfonamides is 1. The predicted molar refractivity (Wildman–Crippen MR) is 134 cm³/mol. The Morgan fingerprint density at radius 3 is 2.21 bits per heavy atom. The number of carbonyl (C=O) groups excluding carboxylic acids is 2. The van der Waals surface area contributed by atoms with Gasteiger partial charge in [0.15, 0.2) is 0 Å². The van der Waals surface area contributed by atoms with Crippen molar-refractivity contribution < 1.29 is 18.0 Å². The molecule has 2 amide bonds. The van der Waals surface area contributed by atoms with Gasteiger partial charge in [-0.2, -0.15) is 0 Å². The maximum atomic E-state index is 12.7. The van der Waals surface area contributed by atoms with Crippen LogP contribution in [0.25, 0.3) is 0 Å². The van der Waals surface area contributed by atoms with E-state index in [0.717, 1.165) is 24.8 Å². The van der Waals surface area contributed by atoms with Crippen molar-refractivity contribution in [3.8, 4) is 0 Å². The number of likely N-dealkylation sites (tertiary alicyclic amines) is 1. The first-order valence-electron chi connectivity index (χ1n) is 11.9. The minimum atomic E-state index is -3.62. The molecule has 0 unspecified atom stereocenters. The number of hydrogen-bond donors (Lipinski definition) is 2. The Morgan fingerprint density at radius 1 is 1.00 bits per heavy atom. The van der Waals surface area contributed by atoms with Crippen LogP contribution in [0.15, 0.2) is 53.4 Å². The third-order valence-electron chi connectivity index (χ3n) is 6.09. The maximum absolute atomic E-state index is 12.7. The summed E-state index contributed by atoms with van der Waals surface area (Å²) in [5.41, 5.74) is 2.42. The molecule has 3 rings (SSSR count). The number of nitrogens with zero attached hydrogens (tertiary/aromatic N) is 1. The monoisotopic (exact) mass is 485 g/mol. The van der Waals surface area contributed by atoms with Crippen LogP contribution in [0, 0.1) is 18.8 Å². The Hall–Kier alpha value is -2.71. The predicted octanol–water partition coefficient (Wildman–Crippen LogP) is 4.20. The van der Waals surface area contributed by atoms with Gasteiger partial charge in [0.1, 0.15) is 0 Å². The summed E-state index contributed by atoms with van der Waals surface area (Å²) in [7, 11) is -3.62. The highest BCUT2D eigenvalue weighted by Crippen LogP contribution is 2.22. The second-order valence-corrected chi connectivity index (χ2v) is 11.2. The van der Waals surface area contributed by atoms with Gasteiger partial charge in [-0.15, -0.1) is 0 Å². The van der Waals surface area contributed by atoms with E-state index in [2.05, 4.69) is 10.0 Å². The highest BCUT2D eigenvalue weighted by molar-refractivity contribution is 7.89. The highest BCUT2D eigenvalue weighted by Gasteiger charge is 2.24. The van der Waals surface area contributed by atoms with Gasteiger partial charge in [-0.1, -0.05) is 31.5 Å². The molecule has 2 aromatic carbocycles. The molecule has 0 radical (unpaired) electrons. The van der Waals surface area contributed by atoms with Crippen molar-refractivity contribution >= 4 is 27.5 Å². The van der Waals surface area contributed by atoms with Gasteiger partial charge in [-0.3, -0.25) is 9.59 Å². The molecule has 1 aliphatic rings. The molecule has 0 aromatic heterocycles. The van der Waals surface area contributed by atoms with Crippen molar-refractivity contribution in [2.24, 2.45) is 11.8 Å². The third kappa shape index (κ3) is 7.40. The Kier molecular flexibility index (Phi) is 8.85. The smallest absolute Gasteiger partial charge is 0.253 e. The van der Waals surface area contributed by atoms with Crippen LogP contribution in [0.3, 0.4) is 0 Å². The molecular formula is C26H35N3O4S. The van der Waals surface area contributed by atoms with Crippen molar-refractivity contribution in [1.82, 2.24) is 9.62 Å². The summed E-state index contributed by atoms with van der Waals surface area (Å²) in [6, 6.07) is 13.8. The Bertz CT molecular complexity index is 1070. The molecule has 2 aromatic rings. The molecule has 8 heteroatoms. The first kappa shape index (κ1) is 25.9. The van der Waals surface area contributed by atoms with Crippen LogP contribution in [-0.4, -0.2) is 44.8 Å². The van der Waals surface area contributed by atoms with Gasteiger partial charge < -0.3 is 10.2 Å². The summed E-state index contributed by atoms with van der Waals surface area (Å²) < 4.78 is 27.9. The molecule has 0 spiro atoms. The number of amides is 2. The average Bonchev–Trinajstić information content (AvgIpc) is 2.79. The zero-order valence-electron chi connectivity index (χ0n) is 20.2. The maximum Gasteiger partial charge on any atom is 0.253 e. The van der Waals surface area contributed by atoms with Crippen molar-refractivity contribution in [2.75, 3.05) is 25.0 Å². The number of piperidine rings is 1. The highest BCUT2D eigenvalue weighted by atomic mass is 32.2. The van der Waals surface area contributed by atoms with E-state index in [4.69, 9.17) is 0 Å². The topological polar surface area (TPSA) is 95.6 Å². The molecular weight excluding hydrogens is 450 g/mol. The van der Waals surface area contributed by atoms with Crippen LogP contribution in [0.5, 0.6) is 0 Å². The van der Waals surface area contributed by atoms with Crippen LogP contribution in [0.2, 0.25) is 0 Å². The van der Waals surface area contributed by atoms with Crippen LogP contribution >= 0.6 is 0 Å². The molecule has 184 valence electrons. The van der Waals surface area contributed by atoms with Crippen molar-refractivity contribution in [2.45, 2.75) is 51.3 Å². The summed E-state index contributed by atoms with van der Waals surface area (Å²) in [4.78, 5) is 26.6. The summed E-state index contributed by atoms with van der Waals surface area (Å²) >= 11 is 0. The molecule has 1 aliphatic heterocycles. The third-order valence-corrected chi connectivity index (χ3v) is 7.56. The van der Waals surface area contributed by atoms with E-state index in [1.165, 1.54) is 12.1 Å². The molecule has 7 nitrogen and oxygen atoms in total. The molecule has 0 bridgehead atoms. The van der Waals surface area contributed by atoms with Gasteiger partial charge in [0.05, 0.1) is 4.90 Å². The van der Waals surface area contributed by atoms with Crippen molar-refractivity contribution in [1.29, 1.82) is 0 Å². The number of rotatable bonds is 9. The van der Waals surface area contributed by atoms with Crippen LogP contribution in [0.1, 0.15) is 55.5 Å². The first-order chi connectivity index (χ1) is 16.1. The standard InChI is InChI=1S/C26H35N3O4S/c1-19(2)18-25(30)28-23-8-10-24(11-9-23)34(32,33)27-15-12-21-13-16-29(17-14-21)26(31)22-6-4-20(3)5-7-22/h4-11,19,21,27H,12-18H2,1-3H3,(H,28,30). The molecule has 1 heterocycles. The van der Waals surface area contributed by atoms with Crippen LogP contribution in [-0.2, 0) is 14.8 Å². The van der Waals surface area contributed by atoms with Gasteiger partial charge in [0, 0.05) is 37.3 Å². The lowest BCUT2D eigenvalue weighted by Gasteiger charge is -2.32. The quantitative estimate of drug-likeness (QED) is 0.556. The minimum absolute atomic E-state index is 0.0583. The van der Waals surface area contributed by atoms with Gasteiger partial charge in [0.2, 0.25) is 15.9 Å². The number of hydrogen-bond acceptors (Lipinski definition) is 4. The number of anilines is 1. The van der Waals surface area contributed by atoms with Crippen molar-refractivity contribution in [3.05, 3.63) is 59.7 Å². The number of nitrogens with one attached hydrogen (secondary N) is 2. The second kappa shape index (κ2) is 11.6. The number of aryl methyl sites for hydroxylation is 1. The normalized spacial score (nSPS) is 14.9. The summed E-state index contributed by atoms with van der Waals surface area (Å²) in [5, 5.41) is 2.78. The minimum Gasteiger partial charge on any atom is -0.339 e. The first-order valence-corrected chi connectivity index (χ1v) is 13.4. The zero-order chi connectivity index (χ0) is 24.7. The van der Waals surface area contributed by atoms with Gasteiger partial charge in [0.25, 0.3) is 5.91 Å². The molecule has 0 aliphatic carbocycles.